The molecule has 1 aromatic carbocycles. The van der Waals surface area contributed by atoms with Crippen LogP contribution in [-0.2, 0) is 9.59 Å². The van der Waals surface area contributed by atoms with Gasteiger partial charge < -0.3 is 5.11 Å². The third-order valence-corrected chi connectivity index (χ3v) is 2.47. The molecule has 3 N–H and O–H groups in total. The third kappa shape index (κ3) is 4.34. The number of hydrogen-bond donors (Lipinski definition) is 3. The molecule has 17 heavy (non-hydrogen) atoms. The van der Waals surface area contributed by atoms with E-state index in [0.717, 1.165) is 12.2 Å². The van der Waals surface area contributed by atoms with Gasteiger partial charge in [0.05, 0.1) is 15.7 Å². The van der Waals surface area contributed by atoms with Crippen LogP contribution in [0.1, 0.15) is 0 Å². The van der Waals surface area contributed by atoms with Crippen LogP contribution in [0.4, 0.5) is 5.69 Å². The molecule has 0 fully saturated rings. The van der Waals surface area contributed by atoms with E-state index >= 15 is 0 Å². The smallest absolute Gasteiger partial charge is 0.328 e. The first kappa shape index (κ1) is 13.3. The van der Waals surface area contributed by atoms with Gasteiger partial charge in [-0.3, -0.25) is 15.6 Å². The highest BCUT2D eigenvalue weighted by atomic mass is 35.5. The predicted octanol–water partition coefficient (Wildman–Crippen LogP) is 2.08. The van der Waals surface area contributed by atoms with E-state index < -0.39 is 11.9 Å². The highest BCUT2D eigenvalue weighted by Gasteiger charge is 2.04. The van der Waals surface area contributed by atoms with E-state index in [0.29, 0.717) is 10.7 Å². The maximum atomic E-state index is 11.1. The summed E-state index contributed by atoms with van der Waals surface area (Å²) >= 11 is 11.6. The Morgan fingerprint density at radius 1 is 1.24 bits per heavy atom. The second-order valence-corrected chi connectivity index (χ2v) is 3.67. The molecule has 0 atom stereocenters. The summed E-state index contributed by atoms with van der Waals surface area (Å²) in [5.74, 6) is -1.83. The summed E-state index contributed by atoms with van der Waals surface area (Å²) < 4.78 is 0. The first-order chi connectivity index (χ1) is 8.00. The van der Waals surface area contributed by atoms with E-state index in [4.69, 9.17) is 28.3 Å². The largest absolute Gasteiger partial charge is 0.478 e. The zero-order valence-electron chi connectivity index (χ0n) is 8.41. The standard InChI is InChI=1S/C10H8Cl2N2O3/c11-6-2-1-3-7(10(6)12)13-14-8(15)4-5-9(16)17/h1-5,13H,(H,14,15)(H,16,17)/b5-4-. The quantitative estimate of drug-likeness (QED) is 0.580. The van der Waals surface area contributed by atoms with Crippen molar-refractivity contribution >= 4 is 40.8 Å². The number of anilines is 1. The third-order valence-electron chi connectivity index (χ3n) is 1.65. The molecule has 5 nitrogen and oxygen atoms in total. The van der Waals surface area contributed by atoms with Crippen LogP contribution in [0.3, 0.4) is 0 Å². The summed E-state index contributed by atoms with van der Waals surface area (Å²) in [6, 6.07) is 4.85. The molecule has 1 rings (SSSR count). The Morgan fingerprint density at radius 2 is 1.94 bits per heavy atom. The molecule has 1 aromatic rings. The number of carboxylic acid groups (broad SMARTS) is 1. The van der Waals surface area contributed by atoms with Crippen LogP contribution in [0, 0.1) is 0 Å². The number of hydrogen-bond acceptors (Lipinski definition) is 3. The lowest BCUT2D eigenvalue weighted by Crippen LogP contribution is -2.27. The first-order valence-corrected chi connectivity index (χ1v) is 5.17. The number of carbonyl (C=O) groups excluding carboxylic acids is 1. The number of hydrazine groups is 1. The molecule has 0 spiro atoms. The molecule has 0 saturated heterocycles. The number of amides is 1. The lowest BCUT2D eigenvalue weighted by molar-refractivity contribution is -0.131. The van der Waals surface area contributed by atoms with Crippen molar-refractivity contribution in [2.45, 2.75) is 0 Å². The summed E-state index contributed by atoms with van der Waals surface area (Å²) in [4.78, 5) is 21.3. The molecule has 0 radical (unpaired) electrons. The normalized spacial score (nSPS) is 10.2. The Hall–Kier alpha value is -1.72. The average molecular weight is 275 g/mol. The van der Waals surface area contributed by atoms with Gasteiger partial charge >= 0.3 is 5.97 Å². The number of carbonyl (C=O) groups is 2. The number of aliphatic carboxylic acids is 1. The number of rotatable bonds is 4. The summed E-state index contributed by atoms with van der Waals surface area (Å²) in [6.07, 6.45) is 1.59. The minimum absolute atomic E-state index is 0.261. The average Bonchev–Trinajstić information content (AvgIpc) is 2.28. The van der Waals surface area contributed by atoms with E-state index in [9.17, 15) is 9.59 Å². The van der Waals surface area contributed by atoms with Gasteiger partial charge in [0, 0.05) is 12.2 Å². The minimum Gasteiger partial charge on any atom is -0.478 e. The Balaban J connectivity index is 2.59. The van der Waals surface area contributed by atoms with Crippen LogP contribution in [-0.4, -0.2) is 17.0 Å². The number of carboxylic acids is 1. The Kier molecular flexibility index (Phi) is 4.81. The van der Waals surface area contributed by atoms with Crippen LogP contribution in [0.15, 0.2) is 30.4 Å². The van der Waals surface area contributed by atoms with E-state index in [-0.39, 0.29) is 5.02 Å². The van der Waals surface area contributed by atoms with Gasteiger partial charge in [0.2, 0.25) is 0 Å². The van der Waals surface area contributed by atoms with Crippen molar-refractivity contribution in [3.05, 3.63) is 40.4 Å². The topological polar surface area (TPSA) is 78.4 Å². The predicted molar refractivity (Wildman–Crippen MR) is 65.0 cm³/mol. The highest BCUT2D eigenvalue weighted by Crippen LogP contribution is 2.28. The van der Waals surface area contributed by atoms with E-state index in [2.05, 4.69) is 10.9 Å². The summed E-state index contributed by atoms with van der Waals surface area (Å²) in [5.41, 5.74) is 5.17. The molecule has 0 bridgehead atoms. The van der Waals surface area contributed by atoms with Crippen molar-refractivity contribution < 1.29 is 14.7 Å². The fraction of sp³-hybridized carbons (Fsp3) is 0. The van der Waals surface area contributed by atoms with E-state index in [1.165, 1.54) is 0 Å². The molecule has 0 heterocycles. The van der Waals surface area contributed by atoms with Gasteiger partial charge in [0.15, 0.2) is 0 Å². The molecule has 1 amide bonds. The SMILES string of the molecule is O=C(O)/C=C\C(=O)NNc1cccc(Cl)c1Cl. The van der Waals surface area contributed by atoms with Crippen molar-refractivity contribution in [3.8, 4) is 0 Å². The molecule has 0 unspecified atom stereocenters. The monoisotopic (exact) mass is 274 g/mol. The van der Waals surface area contributed by atoms with Crippen LogP contribution >= 0.6 is 23.2 Å². The second-order valence-electron chi connectivity index (χ2n) is 2.89. The zero-order valence-corrected chi connectivity index (χ0v) is 9.92. The Labute approximate surface area is 107 Å². The lowest BCUT2D eigenvalue weighted by atomic mass is 10.3. The lowest BCUT2D eigenvalue weighted by Gasteiger charge is -2.08. The Morgan fingerprint density at radius 3 is 2.59 bits per heavy atom. The minimum atomic E-state index is -1.21. The van der Waals surface area contributed by atoms with Crippen LogP contribution in [0.25, 0.3) is 0 Å². The summed E-state index contributed by atoms with van der Waals surface area (Å²) in [6.45, 7) is 0. The van der Waals surface area contributed by atoms with Gasteiger partial charge in [-0.2, -0.15) is 0 Å². The van der Waals surface area contributed by atoms with Gasteiger partial charge in [-0.05, 0) is 12.1 Å². The van der Waals surface area contributed by atoms with Gasteiger partial charge in [-0.25, -0.2) is 4.79 Å². The molecule has 0 aliphatic carbocycles. The van der Waals surface area contributed by atoms with Gasteiger partial charge in [-0.15, -0.1) is 0 Å². The zero-order chi connectivity index (χ0) is 12.8. The number of halogens is 2. The highest BCUT2D eigenvalue weighted by molar-refractivity contribution is 6.43. The van der Waals surface area contributed by atoms with Crippen molar-refractivity contribution in [2.24, 2.45) is 0 Å². The maximum absolute atomic E-state index is 11.1. The number of nitrogens with one attached hydrogen (secondary N) is 2. The molecular formula is C10H8Cl2N2O3. The fourth-order valence-electron chi connectivity index (χ4n) is 0.918. The molecule has 0 saturated carbocycles. The molecular weight excluding hydrogens is 267 g/mol. The first-order valence-electron chi connectivity index (χ1n) is 4.41. The van der Waals surface area contributed by atoms with Crippen LogP contribution in [0.5, 0.6) is 0 Å². The van der Waals surface area contributed by atoms with Crippen molar-refractivity contribution in [2.75, 3.05) is 5.43 Å². The van der Waals surface area contributed by atoms with Crippen LogP contribution in [0.2, 0.25) is 10.0 Å². The van der Waals surface area contributed by atoms with Gasteiger partial charge in [-0.1, -0.05) is 29.3 Å². The van der Waals surface area contributed by atoms with Gasteiger partial charge in [0.25, 0.3) is 5.91 Å². The van der Waals surface area contributed by atoms with Crippen LogP contribution < -0.4 is 10.9 Å². The fourth-order valence-corrected chi connectivity index (χ4v) is 1.27. The molecule has 0 aliphatic heterocycles. The second kappa shape index (κ2) is 6.12. The molecule has 7 heteroatoms. The Bertz CT molecular complexity index is 475. The summed E-state index contributed by atoms with van der Waals surface area (Å²) in [7, 11) is 0. The van der Waals surface area contributed by atoms with Crippen molar-refractivity contribution in [1.82, 2.24) is 5.43 Å². The van der Waals surface area contributed by atoms with E-state index in [1.54, 1.807) is 18.2 Å². The van der Waals surface area contributed by atoms with Crippen molar-refractivity contribution in [3.63, 3.8) is 0 Å². The van der Waals surface area contributed by atoms with E-state index in [1.807, 2.05) is 0 Å². The molecule has 0 aromatic heterocycles. The van der Waals surface area contributed by atoms with Crippen molar-refractivity contribution in [1.29, 1.82) is 0 Å². The molecule has 0 aliphatic rings. The van der Waals surface area contributed by atoms with Gasteiger partial charge in [0.1, 0.15) is 0 Å². The summed E-state index contributed by atoms with van der Waals surface area (Å²) in [5, 5.41) is 8.90. The maximum Gasteiger partial charge on any atom is 0.328 e. The molecule has 90 valence electrons. The number of benzene rings is 1.